The Morgan fingerprint density at radius 3 is 2.71 bits per heavy atom. The van der Waals surface area contributed by atoms with Crippen LogP contribution in [0.3, 0.4) is 0 Å². The molecule has 1 aromatic rings. The smallest absolute Gasteiger partial charge is 0.253 e. The molecule has 0 unspecified atom stereocenters. The van der Waals surface area contributed by atoms with Crippen LogP contribution in [0.5, 0.6) is 0 Å². The number of carbonyl (C=O) groups excluding carboxylic acids is 2. The first-order valence-electron chi connectivity index (χ1n) is 6.86. The summed E-state index contributed by atoms with van der Waals surface area (Å²) < 4.78 is 4.90. The number of nitrogens with zero attached hydrogens (tertiary/aromatic N) is 1. The predicted molar refractivity (Wildman–Crippen MR) is 82.5 cm³/mol. The Bertz CT molecular complexity index is 475. The van der Waals surface area contributed by atoms with Crippen molar-refractivity contribution in [1.29, 1.82) is 0 Å². The lowest BCUT2D eigenvalue weighted by Gasteiger charge is -2.12. The predicted octanol–water partition coefficient (Wildman–Crippen LogP) is 0.953. The van der Waals surface area contributed by atoms with E-state index in [0.29, 0.717) is 18.7 Å². The Morgan fingerprint density at radius 1 is 1.29 bits per heavy atom. The first-order valence-corrected chi connectivity index (χ1v) is 6.86. The van der Waals surface area contributed by atoms with Gasteiger partial charge in [0.05, 0.1) is 6.54 Å². The lowest BCUT2D eigenvalue weighted by atomic mass is 10.2. The summed E-state index contributed by atoms with van der Waals surface area (Å²) in [7, 11) is 5.04. The van der Waals surface area contributed by atoms with E-state index >= 15 is 0 Å². The highest BCUT2D eigenvalue weighted by atomic mass is 16.5. The topological polar surface area (TPSA) is 70.7 Å². The summed E-state index contributed by atoms with van der Waals surface area (Å²) in [5.41, 5.74) is 1.33. The van der Waals surface area contributed by atoms with E-state index in [1.807, 2.05) is 6.07 Å². The van der Waals surface area contributed by atoms with Crippen molar-refractivity contribution in [2.24, 2.45) is 0 Å². The first kappa shape index (κ1) is 17.0. The van der Waals surface area contributed by atoms with Gasteiger partial charge in [-0.1, -0.05) is 6.07 Å². The van der Waals surface area contributed by atoms with E-state index in [4.69, 9.17) is 4.74 Å². The van der Waals surface area contributed by atoms with Crippen LogP contribution in [-0.4, -0.2) is 57.6 Å². The quantitative estimate of drug-likeness (QED) is 0.700. The summed E-state index contributed by atoms with van der Waals surface area (Å²) in [5, 5.41) is 5.79. The maximum absolute atomic E-state index is 11.8. The number of carbonyl (C=O) groups is 2. The molecule has 0 aromatic heterocycles. The molecular weight excluding hydrogens is 270 g/mol. The standard InChI is InChI=1S/C15H23N3O3/c1-18(2)15(20)12-6-4-7-13(10-12)17-11-14(19)16-8-5-9-21-3/h4,6-7,10,17H,5,8-9,11H2,1-3H3,(H,16,19). The molecule has 0 saturated heterocycles. The first-order chi connectivity index (χ1) is 10.0. The Kier molecular flexibility index (Phi) is 7.25. The van der Waals surface area contributed by atoms with Gasteiger partial charge in [0.1, 0.15) is 0 Å². The van der Waals surface area contributed by atoms with Crippen molar-refractivity contribution in [3.8, 4) is 0 Å². The van der Waals surface area contributed by atoms with E-state index in [1.54, 1.807) is 39.4 Å². The molecule has 0 spiro atoms. The molecule has 116 valence electrons. The van der Waals surface area contributed by atoms with E-state index < -0.39 is 0 Å². The number of anilines is 1. The number of hydrogen-bond acceptors (Lipinski definition) is 4. The minimum absolute atomic E-state index is 0.0670. The van der Waals surface area contributed by atoms with Crippen LogP contribution in [0.15, 0.2) is 24.3 Å². The maximum atomic E-state index is 11.8. The molecule has 0 aliphatic heterocycles. The van der Waals surface area contributed by atoms with Crippen LogP contribution >= 0.6 is 0 Å². The SMILES string of the molecule is COCCCNC(=O)CNc1cccc(C(=O)N(C)C)c1. The Balaban J connectivity index is 2.43. The van der Waals surface area contributed by atoms with Gasteiger partial charge in [-0.25, -0.2) is 0 Å². The van der Waals surface area contributed by atoms with Crippen molar-refractivity contribution >= 4 is 17.5 Å². The number of methoxy groups -OCH3 is 1. The van der Waals surface area contributed by atoms with Crippen molar-refractivity contribution in [3.63, 3.8) is 0 Å². The number of rotatable bonds is 8. The lowest BCUT2D eigenvalue weighted by Crippen LogP contribution is -2.31. The van der Waals surface area contributed by atoms with Crippen molar-refractivity contribution in [3.05, 3.63) is 29.8 Å². The van der Waals surface area contributed by atoms with Gasteiger partial charge in [-0.05, 0) is 24.6 Å². The van der Waals surface area contributed by atoms with Crippen molar-refractivity contribution in [1.82, 2.24) is 10.2 Å². The molecule has 0 fully saturated rings. The zero-order valence-electron chi connectivity index (χ0n) is 12.8. The number of ether oxygens (including phenoxy) is 1. The minimum atomic E-state index is -0.0876. The van der Waals surface area contributed by atoms with E-state index in [2.05, 4.69) is 10.6 Å². The van der Waals surface area contributed by atoms with Crippen molar-refractivity contribution < 1.29 is 14.3 Å². The monoisotopic (exact) mass is 293 g/mol. The highest BCUT2D eigenvalue weighted by Gasteiger charge is 2.08. The van der Waals surface area contributed by atoms with Gasteiger partial charge in [0.25, 0.3) is 5.91 Å². The van der Waals surface area contributed by atoms with Gasteiger partial charge in [0.15, 0.2) is 0 Å². The van der Waals surface area contributed by atoms with Gasteiger partial charge >= 0.3 is 0 Å². The molecule has 0 saturated carbocycles. The molecule has 21 heavy (non-hydrogen) atoms. The lowest BCUT2D eigenvalue weighted by molar-refractivity contribution is -0.119. The van der Waals surface area contributed by atoms with E-state index in [-0.39, 0.29) is 18.4 Å². The fraction of sp³-hybridized carbons (Fsp3) is 0.467. The van der Waals surface area contributed by atoms with E-state index in [1.165, 1.54) is 4.90 Å². The second-order valence-electron chi connectivity index (χ2n) is 4.83. The highest BCUT2D eigenvalue weighted by molar-refractivity contribution is 5.94. The zero-order chi connectivity index (χ0) is 15.7. The number of hydrogen-bond donors (Lipinski definition) is 2. The summed E-state index contributed by atoms with van der Waals surface area (Å²) in [6, 6.07) is 7.10. The van der Waals surface area contributed by atoms with Crippen LogP contribution in [0.2, 0.25) is 0 Å². The average molecular weight is 293 g/mol. The number of nitrogens with one attached hydrogen (secondary N) is 2. The largest absolute Gasteiger partial charge is 0.385 e. The molecule has 0 aliphatic carbocycles. The van der Waals surface area contributed by atoms with Gasteiger partial charge in [-0.2, -0.15) is 0 Å². The van der Waals surface area contributed by atoms with Crippen LogP contribution in [0, 0.1) is 0 Å². The van der Waals surface area contributed by atoms with Gasteiger partial charge in [0, 0.05) is 45.6 Å². The highest BCUT2D eigenvalue weighted by Crippen LogP contribution is 2.11. The van der Waals surface area contributed by atoms with Crippen LogP contribution in [0.1, 0.15) is 16.8 Å². The van der Waals surface area contributed by atoms with Crippen LogP contribution in [0.4, 0.5) is 5.69 Å². The average Bonchev–Trinajstić information content (AvgIpc) is 2.49. The molecule has 0 aliphatic rings. The Labute approximate surface area is 125 Å². The molecule has 0 radical (unpaired) electrons. The molecule has 2 N–H and O–H groups in total. The molecule has 0 heterocycles. The minimum Gasteiger partial charge on any atom is -0.385 e. The molecule has 6 heteroatoms. The van der Waals surface area contributed by atoms with E-state index in [0.717, 1.165) is 12.1 Å². The Hall–Kier alpha value is -2.08. The second-order valence-corrected chi connectivity index (χ2v) is 4.83. The normalized spacial score (nSPS) is 10.0. The van der Waals surface area contributed by atoms with Crippen molar-refractivity contribution in [2.75, 3.05) is 46.2 Å². The van der Waals surface area contributed by atoms with Crippen molar-refractivity contribution in [2.45, 2.75) is 6.42 Å². The van der Waals surface area contributed by atoms with Crippen LogP contribution < -0.4 is 10.6 Å². The van der Waals surface area contributed by atoms with Gasteiger partial charge in [-0.15, -0.1) is 0 Å². The second kappa shape index (κ2) is 8.97. The molecule has 6 nitrogen and oxygen atoms in total. The maximum Gasteiger partial charge on any atom is 0.253 e. The summed E-state index contributed by atoms with van der Waals surface area (Å²) in [6.07, 6.45) is 0.787. The van der Waals surface area contributed by atoms with Crippen LogP contribution in [-0.2, 0) is 9.53 Å². The third kappa shape index (κ3) is 6.27. The van der Waals surface area contributed by atoms with E-state index in [9.17, 15) is 9.59 Å². The van der Waals surface area contributed by atoms with Gasteiger partial charge < -0.3 is 20.3 Å². The molecule has 0 atom stereocenters. The third-order valence-electron chi connectivity index (χ3n) is 2.82. The summed E-state index contributed by atoms with van der Waals surface area (Å²) in [5.74, 6) is -0.155. The summed E-state index contributed by atoms with van der Waals surface area (Å²) >= 11 is 0. The third-order valence-corrected chi connectivity index (χ3v) is 2.82. The van der Waals surface area contributed by atoms with Crippen LogP contribution in [0.25, 0.3) is 0 Å². The fourth-order valence-electron chi connectivity index (χ4n) is 1.71. The number of amides is 2. The molecular formula is C15H23N3O3. The molecule has 1 rings (SSSR count). The van der Waals surface area contributed by atoms with Gasteiger partial charge in [0.2, 0.25) is 5.91 Å². The molecule has 0 bridgehead atoms. The van der Waals surface area contributed by atoms with Gasteiger partial charge in [-0.3, -0.25) is 9.59 Å². The number of benzene rings is 1. The zero-order valence-corrected chi connectivity index (χ0v) is 12.8. The fourth-order valence-corrected chi connectivity index (χ4v) is 1.71. The molecule has 1 aromatic carbocycles. The summed E-state index contributed by atoms with van der Waals surface area (Å²) in [4.78, 5) is 25.0. The molecule has 2 amide bonds. The summed E-state index contributed by atoms with van der Waals surface area (Å²) in [6.45, 7) is 1.39. The Morgan fingerprint density at radius 2 is 2.05 bits per heavy atom.